The predicted molar refractivity (Wildman–Crippen MR) is 82.2 cm³/mol. The van der Waals surface area contributed by atoms with Gasteiger partial charge in [0.15, 0.2) is 0 Å². The quantitative estimate of drug-likeness (QED) is 0.816. The summed E-state index contributed by atoms with van der Waals surface area (Å²) in [7, 11) is -3.51. The molecule has 4 nitrogen and oxygen atoms in total. The Bertz CT molecular complexity index is 639. The Kier molecular flexibility index (Phi) is 5.40. The van der Waals surface area contributed by atoms with Crippen LogP contribution in [0.3, 0.4) is 0 Å². The van der Waals surface area contributed by atoms with Gasteiger partial charge in [0.05, 0.1) is 11.5 Å². The zero-order valence-electron chi connectivity index (χ0n) is 12.2. The number of benzene rings is 1. The van der Waals surface area contributed by atoms with Gasteiger partial charge in [0.25, 0.3) is 0 Å². The van der Waals surface area contributed by atoms with Crippen LogP contribution in [0.5, 0.6) is 0 Å². The summed E-state index contributed by atoms with van der Waals surface area (Å²) in [6.45, 7) is 2.90. The highest BCUT2D eigenvalue weighted by atomic mass is 32.2. The van der Waals surface area contributed by atoms with E-state index >= 15 is 0 Å². The second-order valence-corrected chi connectivity index (χ2v) is 7.08. The van der Waals surface area contributed by atoms with Gasteiger partial charge in [0.2, 0.25) is 10.0 Å². The van der Waals surface area contributed by atoms with E-state index in [1.807, 2.05) is 6.92 Å². The molecular formula is C16H21NO3S. The Morgan fingerprint density at radius 2 is 2.05 bits per heavy atom. The molecule has 1 fully saturated rings. The van der Waals surface area contributed by atoms with E-state index in [1.165, 1.54) is 4.31 Å². The van der Waals surface area contributed by atoms with Crippen molar-refractivity contribution in [3.8, 4) is 11.8 Å². The maximum atomic E-state index is 12.8. The summed E-state index contributed by atoms with van der Waals surface area (Å²) in [5, 5.41) is 8.78. The Morgan fingerprint density at radius 3 is 2.67 bits per heavy atom. The third kappa shape index (κ3) is 4.07. The van der Waals surface area contributed by atoms with Crippen molar-refractivity contribution < 1.29 is 13.5 Å². The largest absolute Gasteiger partial charge is 0.395 e. The molecule has 1 saturated carbocycles. The van der Waals surface area contributed by atoms with Crippen molar-refractivity contribution in [2.24, 2.45) is 5.92 Å². The molecular weight excluding hydrogens is 286 g/mol. The molecule has 0 unspecified atom stereocenters. The van der Waals surface area contributed by atoms with Crippen molar-refractivity contribution in [1.82, 2.24) is 4.31 Å². The number of hydrogen-bond acceptors (Lipinski definition) is 3. The number of aliphatic hydroxyl groups excluding tert-OH is 1. The van der Waals surface area contributed by atoms with E-state index in [4.69, 9.17) is 5.11 Å². The molecule has 0 aromatic heterocycles. The standard InChI is InChI=1S/C16H21NO3S/c1-2-17(13-14-10-11-14)21(19,20)16-9-4-3-7-15(16)8-5-6-12-18/h3-4,7,9,14,18H,2,6,10-13H2,1H3. The first kappa shape index (κ1) is 16.0. The van der Waals surface area contributed by atoms with Crippen molar-refractivity contribution in [2.45, 2.75) is 31.1 Å². The molecule has 0 aliphatic heterocycles. The van der Waals surface area contributed by atoms with E-state index in [0.717, 1.165) is 12.8 Å². The molecule has 1 aliphatic rings. The van der Waals surface area contributed by atoms with Crippen LogP contribution >= 0.6 is 0 Å². The molecule has 0 amide bonds. The first-order valence-corrected chi connectivity index (χ1v) is 8.72. The lowest BCUT2D eigenvalue weighted by Gasteiger charge is -2.21. The van der Waals surface area contributed by atoms with Gasteiger partial charge < -0.3 is 5.11 Å². The Labute approximate surface area is 126 Å². The van der Waals surface area contributed by atoms with E-state index in [2.05, 4.69) is 11.8 Å². The van der Waals surface area contributed by atoms with Crippen LogP contribution < -0.4 is 0 Å². The maximum absolute atomic E-state index is 12.8. The topological polar surface area (TPSA) is 57.6 Å². The molecule has 0 bridgehead atoms. The van der Waals surface area contributed by atoms with Gasteiger partial charge in [-0.05, 0) is 30.9 Å². The molecule has 0 heterocycles. The summed E-state index contributed by atoms with van der Waals surface area (Å²) < 4.78 is 27.1. The van der Waals surface area contributed by atoms with Crippen LogP contribution in [0.1, 0.15) is 31.7 Å². The van der Waals surface area contributed by atoms with Crippen molar-refractivity contribution in [3.05, 3.63) is 29.8 Å². The normalized spacial score (nSPS) is 14.8. The predicted octanol–water partition coefficient (Wildman–Crippen LogP) is 1.84. The number of sulfonamides is 1. The SMILES string of the molecule is CCN(CC1CC1)S(=O)(=O)c1ccccc1C#CCCO. The first-order chi connectivity index (χ1) is 10.1. The van der Waals surface area contributed by atoms with Crippen LogP contribution in [-0.4, -0.2) is 37.5 Å². The minimum absolute atomic E-state index is 0.0231. The molecule has 0 saturated heterocycles. The molecule has 0 spiro atoms. The molecule has 1 aliphatic carbocycles. The molecule has 1 N–H and O–H groups in total. The minimum atomic E-state index is -3.51. The van der Waals surface area contributed by atoms with Crippen molar-refractivity contribution >= 4 is 10.0 Å². The molecule has 2 rings (SSSR count). The summed E-state index contributed by atoms with van der Waals surface area (Å²) in [6.07, 6.45) is 2.57. The molecule has 0 atom stereocenters. The molecule has 5 heteroatoms. The van der Waals surface area contributed by atoms with Crippen LogP contribution in [0.25, 0.3) is 0 Å². The van der Waals surface area contributed by atoms with E-state index in [1.54, 1.807) is 24.3 Å². The van der Waals surface area contributed by atoms with Crippen LogP contribution in [0.2, 0.25) is 0 Å². The zero-order chi connectivity index (χ0) is 15.3. The molecule has 1 aromatic carbocycles. The Morgan fingerprint density at radius 1 is 1.33 bits per heavy atom. The summed E-state index contributed by atoms with van der Waals surface area (Å²) in [4.78, 5) is 0.262. The van der Waals surface area contributed by atoms with Crippen LogP contribution in [0.4, 0.5) is 0 Å². The van der Waals surface area contributed by atoms with E-state index in [-0.39, 0.29) is 11.5 Å². The second-order valence-electron chi connectivity index (χ2n) is 5.17. The average Bonchev–Trinajstić information content (AvgIpc) is 3.29. The van der Waals surface area contributed by atoms with E-state index < -0.39 is 10.0 Å². The average molecular weight is 307 g/mol. The monoisotopic (exact) mass is 307 g/mol. The third-order valence-corrected chi connectivity index (χ3v) is 5.48. The smallest absolute Gasteiger partial charge is 0.244 e. The van der Waals surface area contributed by atoms with Crippen molar-refractivity contribution in [3.63, 3.8) is 0 Å². The number of hydrogen-bond donors (Lipinski definition) is 1. The summed E-state index contributed by atoms with van der Waals surface area (Å²) >= 11 is 0. The van der Waals surface area contributed by atoms with Crippen molar-refractivity contribution in [1.29, 1.82) is 0 Å². The summed E-state index contributed by atoms with van der Waals surface area (Å²) in [5.74, 6) is 6.15. The summed E-state index contributed by atoms with van der Waals surface area (Å²) in [5.41, 5.74) is 0.500. The van der Waals surface area contributed by atoms with Gasteiger partial charge in [-0.2, -0.15) is 4.31 Å². The summed E-state index contributed by atoms with van der Waals surface area (Å²) in [6, 6.07) is 6.81. The van der Waals surface area contributed by atoms with Gasteiger partial charge >= 0.3 is 0 Å². The molecule has 0 radical (unpaired) electrons. The fraction of sp³-hybridized carbons (Fsp3) is 0.500. The highest BCUT2D eigenvalue weighted by Gasteiger charge is 2.31. The fourth-order valence-electron chi connectivity index (χ4n) is 2.13. The van der Waals surface area contributed by atoms with Crippen molar-refractivity contribution in [2.75, 3.05) is 19.7 Å². The molecule has 21 heavy (non-hydrogen) atoms. The van der Waals surface area contributed by atoms with Gasteiger partial charge in [-0.1, -0.05) is 30.9 Å². The lowest BCUT2D eigenvalue weighted by Crippen LogP contribution is -2.33. The molecule has 114 valence electrons. The number of nitrogens with zero attached hydrogens (tertiary/aromatic N) is 1. The van der Waals surface area contributed by atoms with Gasteiger partial charge in [-0.15, -0.1) is 0 Å². The zero-order valence-corrected chi connectivity index (χ0v) is 13.1. The van der Waals surface area contributed by atoms with Gasteiger partial charge in [-0.3, -0.25) is 0 Å². The van der Waals surface area contributed by atoms with Crippen LogP contribution in [0, 0.1) is 17.8 Å². The molecule has 1 aromatic rings. The fourth-order valence-corrected chi connectivity index (χ4v) is 3.81. The number of aliphatic hydroxyl groups is 1. The lowest BCUT2D eigenvalue weighted by atomic mass is 10.2. The second kappa shape index (κ2) is 7.08. The highest BCUT2D eigenvalue weighted by molar-refractivity contribution is 7.89. The lowest BCUT2D eigenvalue weighted by molar-refractivity contribution is 0.305. The van der Waals surface area contributed by atoms with Crippen LogP contribution in [0.15, 0.2) is 29.2 Å². The van der Waals surface area contributed by atoms with E-state index in [0.29, 0.717) is 31.0 Å². The van der Waals surface area contributed by atoms with Crippen LogP contribution in [-0.2, 0) is 10.0 Å². The van der Waals surface area contributed by atoms with Gasteiger partial charge in [0, 0.05) is 25.1 Å². The highest BCUT2D eigenvalue weighted by Crippen LogP contribution is 2.31. The van der Waals surface area contributed by atoms with Gasteiger partial charge in [0.1, 0.15) is 0 Å². The van der Waals surface area contributed by atoms with Gasteiger partial charge in [-0.25, -0.2) is 8.42 Å². The maximum Gasteiger partial charge on any atom is 0.244 e. The minimum Gasteiger partial charge on any atom is -0.395 e. The number of rotatable bonds is 6. The van der Waals surface area contributed by atoms with E-state index in [9.17, 15) is 8.42 Å². The Balaban J connectivity index is 2.32. The first-order valence-electron chi connectivity index (χ1n) is 7.28. The Hall–Kier alpha value is -1.35. The third-order valence-electron chi connectivity index (χ3n) is 3.48.